The summed E-state index contributed by atoms with van der Waals surface area (Å²) < 4.78 is 5.43. The van der Waals surface area contributed by atoms with Crippen LogP contribution in [0.25, 0.3) is 0 Å². The van der Waals surface area contributed by atoms with Crippen LogP contribution in [0, 0.1) is 0 Å². The van der Waals surface area contributed by atoms with Crippen LogP contribution in [0.15, 0.2) is 54.6 Å². The molecule has 2 aromatic carbocycles. The van der Waals surface area contributed by atoms with Gasteiger partial charge in [0.2, 0.25) is 0 Å². The van der Waals surface area contributed by atoms with Crippen LogP contribution in [0.4, 0.5) is 0 Å². The molecule has 2 rings (SSSR count). The van der Waals surface area contributed by atoms with E-state index in [9.17, 15) is 4.79 Å². The quantitative estimate of drug-likeness (QED) is 0.871. The van der Waals surface area contributed by atoms with Gasteiger partial charge in [0, 0.05) is 5.56 Å². The lowest BCUT2D eigenvalue weighted by Gasteiger charge is -2.17. The summed E-state index contributed by atoms with van der Waals surface area (Å²) in [5, 5.41) is 3.07. The van der Waals surface area contributed by atoms with Gasteiger partial charge in [0.15, 0.2) is 0 Å². The van der Waals surface area contributed by atoms with E-state index in [1.165, 1.54) is 0 Å². The maximum absolute atomic E-state index is 12.4. The van der Waals surface area contributed by atoms with Crippen LogP contribution in [0.5, 0.6) is 5.75 Å². The van der Waals surface area contributed by atoms with Crippen LogP contribution in [0.3, 0.4) is 0 Å². The third-order valence-corrected chi connectivity index (χ3v) is 3.32. The normalized spacial score (nSPS) is 11.7. The molecule has 0 fully saturated rings. The molecule has 0 aliphatic heterocycles. The number of hydrogen-bond acceptors (Lipinski definition) is 2. The number of amides is 1. The van der Waals surface area contributed by atoms with Crippen molar-refractivity contribution in [2.75, 3.05) is 6.61 Å². The van der Waals surface area contributed by atoms with E-state index in [0.717, 1.165) is 17.7 Å². The standard InChI is InChI=1S/C18H21NO2/c1-3-17(14-9-6-5-7-10-14)19-18(20)15-11-8-12-16(13-15)21-4-2/h5-13,17H,3-4H2,1-2H3,(H,19,20)/t17-/m1/s1. The molecular weight excluding hydrogens is 262 g/mol. The van der Waals surface area contributed by atoms with Crippen molar-refractivity contribution in [3.8, 4) is 5.75 Å². The predicted octanol–water partition coefficient (Wildman–Crippen LogP) is 3.97. The summed E-state index contributed by atoms with van der Waals surface area (Å²) in [6, 6.07) is 17.3. The molecule has 3 heteroatoms. The van der Waals surface area contributed by atoms with Gasteiger partial charge in [0.25, 0.3) is 5.91 Å². The first kappa shape index (κ1) is 15.1. The van der Waals surface area contributed by atoms with Crippen LogP contribution in [0.1, 0.15) is 42.2 Å². The Balaban J connectivity index is 2.11. The third kappa shape index (κ3) is 4.09. The number of nitrogens with one attached hydrogen (secondary N) is 1. The number of carbonyl (C=O) groups is 1. The topological polar surface area (TPSA) is 38.3 Å². The number of carbonyl (C=O) groups excluding carboxylic acids is 1. The van der Waals surface area contributed by atoms with Crippen molar-refractivity contribution in [3.05, 3.63) is 65.7 Å². The zero-order valence-corrected chi connectivity index (χ0v) is 12.5. The Morgan fingerprint density at radius 1 is 1.10 bits per heavy atom. The molecule has 1 amide bonds. The van der Waals surface area contributed by atoms with Crippen molar-refractivity contribution in [1.29, 1.82) is 0 Å². The summed E-state index contributed by atoms with van der Waals surface area (Å²) in [5.41, 5.74) is 1.74. The van der Waals surface area contributed by atoms with E-state index in [-0.39, 0.29) is 11.9 Å². The molecule has 110 valence electrons. The van der Waals surface area contributed by atoms with Gasteiger partial charge < -0.3 is 10.1 Å². The van der Waals surface area contributed by atoms with Gasteiger partial charge in [-0.2, -0.15) is 0 Å². The Kier molecular flexibility index (Phi) is 5.38. The maximum atomic E-state index is 12.4. The minimum absolute atomic E-state index is 0.0226. The van der Waals surface area contributed by atoms with E-state index in [4.69, 9.17) is 4.74 Å². The van der Waals surface area contributed by atoms with Crippen LogP contribution in [-0.2, 0) is 0 Å². The lowest BCUT2D eigenvalue weighted by Crippen LogP contribution is -2.28. The fourth-order valence-corrected chi connectivity index (χ4v) is 2.24. The second-order valence-corrected chi connectivity index (χ2v) is 4.81. The number of hydrogen-bond donors (Lipinski definition) is 1. The van der Waals surface area contributed by atoms with E-state index >= 15 is 0 Å². The average Bonchev–Trinajstić information content (AvgIpc) is 2.54. The molecule has 0 aromatic heterocycles. The Bertz CT molecular complexity index is 581. The fourth-order valence-electron chi connectivity index (χ4n) is 2.24. The monoisotopic (exact) mass is 283 g/mol. The maximum Gasteiger partial charge on any atom is 0.251 e. The second-order valence-electron chi connectivity index (χ2n) is 4.81. The lowest BCUT2D eigenvalue weighted by atomic mass is 10.0. The second kappa shape index (κ2) is 7.48. The number of rotatable bonds is 6. The molecule has 0 bridgehead atoms. The zero-order chi connectivity index (χ0) is 15.1. The van der Waals surface area contributed by atoms with E-state index < -0.39 is 0 Å². The van der Waals surface area contributed by atoms with Gasteiger partial charge in [0.05, 0.1) is 12.6 Å². The predicted molar refractivity (Wildman–Crippen MR) is 84.6 cm³/mol. The van der Waals surface area contributed by atoms with Gasteiger partial charge in [-0.15, -0.1) is 0 Å². The third-order valence-electron chi connectivity index (χ3n) is 3.32. The van der Waals surface area contributed by atoms with Gasteiger partial charge in [-0.3, -0.25) is 4.79 Å². The van der Waals surface area contributed by atoms with Crippen molar-refractivity contribution in [3.63, 3.8) is 0 Å². The lowest BCUT2D eigenvalue weighted by molar-refractivity contribution is 0.0935. The summed E-state index contributed by atoms with van der Waals surface area (Å²) in [5.74, 6) is 0.644. The summed E-state index contributed by atoms with van der Waals surface area (Å²) in [6.45, 7) is 4.58. The summed E-state index contributed by atoms with van der Waals surface area (Å²) in [4.78, 5) is 12.4. The van der Waals surface area contributed by atoms with Gasteiger partial charge in [-0.1, -0.05) is 43.3 Å². The van der Waals surface area contributed by atoms with Crippen LogP contribution < -0.4 is 10.1 Å². The number of ether oxygens (including phenoxy) is 1. The molecule has 0 saturated heterocycles. The first-order chi connectivity index (χ1) is 10.2. The molecule has 0 radical (unpaired) electrons. The van der Waals surface area contributed by atoms with Crippen molar-refractivity contribution in [2.24, 2.45) is 0 Å². The van der Waals surface area contributed by atoms with E-state index in [2.05, 4.69) is 12.2 Å². The Morgan fingerprint density at radius 2 is 1.86 bits per heavy atom. The molecule has 0 spiro atoms. The van der Waals surface area contributed by atoms with Crippen molar-refractivity contribution in [2.45, 2.75) is 26.3 Å². The van der Waals surface area contributed by atoms with E-state index in [0.29, 0.717) is 12.2 Å². The van der Waals surface area contributed by atoms with Crippen molar-refractivity contribution in [1.82, 2.24) is 5.32 Å². The molecule has 1 atom stereocenters. The Hall–Kier alpha value is -2.29. The molecule has 0 unspecified atom stereocenters. The van der Waals surface area contributed by atoms with Crippen LogP contribution in [0.2, 0.25) is 0 Å². The molecule has 0 saturated carbocycles. The Morgan fingerprint density at radius 3 is 2.52 bits per heavy atom. The SMILES string of the molecule is CCOc1cccc(C(=O)N[C@H](CC)c2ccccc2)c1. The molecule has 2 aromatic rings. The molecule has 21 heavy (non-hydrogen) atoms. The Labute approximate surface area is 126 Å². The zero-order valence-electron chi connectivity index (χ0n) is 12.5. The fraction of sp³-hybridized carbons (Fsp3) is 0.278. The molecular formula is C18H21NO2. The molecule has 0 aliphatic carbocycles. The van der Waals surface area contributed by atoms with Gasteiger partial charge in [0.1, 0.15) is 5.75 Å². The van der Waals surface area contributed by atoms with E-state index in [1.807, 2.05) is 49.4 Å². The molecule has 1 N–H and O–H groups in total. The summed E-state index contributed by atoms with van der Waals surface area (Å²) in [7, 11) is 0. The van der Waals surface area contributed by atoms with Gasteiger partial charge in [-0.05, 0) is 37.1 Å². The highest BCUT2D eigenvalue weighted by Gasteiger charge is 2.14. The first-order valence-corrected chi connectivity index (χ1v) is 7.33. The van der Waals surface area contributed by atoms with E-state index in [1.54, 1.807) is 12.1 Å². The first-order valence-electron chi connectivity index (χ1n) is 7.33. The molecule has 0 aliphatic rings. The average molecular weight is 283 g/mol. The highest BCUT2D eigenvalue weighted by atomic mass is 16.5. The van der Waals surface area contributed by atoms with Gasteiger partial charge >= 0.3 is 0 Å². The van der Waals surface area contributed by atoms with Crippen LogP contribution >= 0.6 is 0 Å². The largest absolute Gasteiger partial charge is 0.494 e. The van der Waals surface area contributed by atoms with Crippen molar-refractivity contribution < 1.29 is 9.53 Å². The highest BCUT2D eigenvalue weighted by Crippen LogP contribution is 2.18. The minimum Gasteiger partial charge on any atom is -0.494 e. The summed E-state index contributed by atoms with van der Waals surface area (Å²) >= 11 is 0. The summed E-state index contributed by atoms with van der Waals surface area (Å²) in [6.07, 6.45) is 0.848. The number of benzene rings is 2. The highest BCUT2D eigenvalue weighted by molar-refractivity contribution is 5.94. The minimum atomic E-state index is -0.0766. The van der Waals surface area contributed by atoms with Crippen molar-refractivity contribution >= 4 is 5.91 Å². The smallest absolute Gasteiger partial charge is 0.251 e. The molecule has 3 nitrogen and oxygen atoms in total. The van der Waals surface area contributed by atoms with Crippen LogP contribution in [-0.4, -0.2) is 12.5 Å². The molecule has 0 heterocycles. The van der Waals surface area contributed by atoms with Gasteiger partial charge in [-0.25, -0.2) is 0 Å².